The first kappa shape index (κ1) is 7.07. The molecule has 0 bridgehead atoms. The van der Waals surface area contributed by atoms with Crippen molar-refractivity contribution >= 4 is 0 Å². The third-order valence-corrected chi connectivity index (χ3v) is 1.98. The van der Waals surface area contributed by atoms with Crippen molar-refractivity contribution in [1.29, 1.82) is 0 Å². The molecule has 1 rings (SSSR count). The molecule has 0 saturated carbocycles. The smallest absolute Gasteiger partial charge is 0.0682 e. The zero-order valence-corrected chi connectivity index (χ0v) is 6.61. The van der Waals surface area contributed by atoms with Gasteiger partial charge in [-0.15, -0.1) is 0 Å². The van der Waals surface area contributed by atoms with E-state index in [1.807, 2.05) is 0 Å². The minimum Gasteiger partial charge on any atom is -0.372 e. The summed E-state index contributed by atoms with van der Waals surface area (Å²) in [6.07, 6.45) is 4.23. The minimum absolute atomic E-state index is 0.244. The van der Waals surface area contributed by atoms with Crippen LogP contribution < -0.4 is 0 Å². The molecule has 0 aliphatic carbocycles. The second kappa shape index (κ2) is 2.30. The van der Waals surface area contributed by atoms with E-state index in [1.54, 1.807) is 0 Å². The van der Waals surface area contributed by atoms with Crippen molar-refractivity contribution in [3.05, 3.63) is 0 Å². The van der Waals surface area contributed by atoms with Gasteiger partial charge < -0.3 is 4.74 Å². The van der Waals surface area contributed by atoms with Crippen molar-refractivity contribution in [3.63, 3.8) is 0 Å². The minimum atomic E-state index is 0.244. The van der Waals surface area contributed by atoms with Crippen molar-refractivity contribution in [2.75, 3.05) is 0 Å². The van der Waals surface area contributed by atoms with Crippen molar-refractivity contribution in [3.8, 4) is 0 Å². The molecule has 1 fully saturated rings. The zero-order valence-electron chi connectivity index (χ0n) is 6.61. The van der Waals surface area contributed by atoms with Crippen molar-refractivity contribution in [2.45, 2.75) is 51.7 Å². The third kappa shape index (κ3) is 1.45. The molecule has 1 aliphatic rings. The van der Waals surface area contributed by atoms with Crippen LogP contribution >= 0.6 is 0 Å². The lowest BCUT2D eigenvalue weighted by molar-refractivity contribution is -0.190. The lowest BCUT2D eigenvalue weighted by Gasteiger charge is -2.44. The van der Waals surface area contributed by atoms with Gasteiger partial charge in [0.1, 0.15) is 0 Å². The Hall–Kier alpha value is -0.0400. The summed E-state index contributed by atoms with van der Waals surface area (Å²) in [5.41, 5.74) is 0.244. The van der Waals surface area contributed by atoms with E-state index in [-0.39, 0.29) is 5.60 Å². The monoisotopic (exact) mass is 128 g/mol. The summed E-state index contributed by atoms with van der Waals surface area (Å²) in [4.78, 5) is 0. The fourth-order valence-electron chi connectivity index (χ4n) is 1.77. The summed E-state index contributed by atoms with van der Waals surface area (Å²) >= 11 is 0. The summed E-state index contributed by atoms with van der Waals surface area (Å²) < 4.78 is 5.57. The van der Waals surface area contributed by atoms with Gasteiger partial charge in [-0.3, -0.25) is 0 Å². The average molecular weight is 128 g/mol. The quantitative estimate of drug-likeness (QED) is 0.554. The first-order valence-electron chi connectivity index (χ1n) is 3.84. The fraction of sp³-hybridized carbons (Fsp3) is 1.00. The van der Waals surface area contributed by atoms with Crippen LogP contribution in [0.5, 0.6) is 0 Å². The Kier molecular flexibility index (Phi) is 1.80. The van der Waals surface area contributed by atoms with Gasteiger partial charge in [-0.05, 0) is 20.3 Å². The van der Waals surface area contributed by atoms with Gasteiger partial charge in [-0.1, -0.05) is 13.3 Å². The zero-order chi connectivity index (χ0) is 6.91. The molecule has 0 aromatic rings. The maximum Gasteiger partial charge on any atom is 0.0682 e. The summed E-state index contributed by atoms with van der Waals surface area (Å²) in [7, 11) is 0. The fourth-order valence-corrected chi connectivity index (χ4v) is 1.77. The first-order chi connectivity index (χ1) is 4.16. The maximum atomic E-state index is 5.57. The summed E-state index contributed by atoms with van der Waals surface area (Å²) in [5.74, 6) is 0. The molecule has 9 heavy (non-hydrogen) atoms. The van der Waals surface area contributed by atoms with Crippen LogP contribution in [0, 0.1) is 0 Å². The van der Waals surface area contributed by atoms with Crippen molar-refractivity contribution < 1.29 is 4.74 Å². The third-order valence-electron chi connectivity index (χ3n) is 1.98. The highest BCUT2D eigenvalue weighted by Crippen LogP contribution is 2.35. The summed E-state index contributed by atoms with van der Waals surface area (Å²) in [6.45, 7) is 6.55. The van der Waals surface area contributed by atoms with Crippen LogP contribution in [-0.4, -0.2) is 11.7 Å². The molecule has 1 heteroatoms. The molecule has 0 amide bonds. The SMILES string of the molecule is CCCC1(C)CC(C)O1. The van der Waals surface area contributed by atoms with Crippen molar-refractivity contribution in [1.82, 2.24) is 0 Å². The highest BCUT2D eigenvalue weighted by molar-refractivity contribution is 4.86. The van der Waals surface area contributed by atoms with Gasteiger partial charge >= 0.3 is 0 Å². The number of ether oxygens (including phenoxy) is 1. The van der Waals surface area contributed by atoms with Gasteiger partial charge in [-0.2, -0.15) is 0 Å². The van der Waals surface area contributed by atoms with E-state index in [2.05, 4.69) is 20.8 Å². The van der Waals surface area contributed by atoms with Crippen LogP contribution in [0.25, 0.3) is 0 Å². The van der Waals surface area contributed by atoms with E-state index in [4.69, 9.17) is 4.74 Å². The van der Waals surface area contributed by atoms with Crippen LogP contribution in [0.15, 0.2) is 0 Å². The Bertz CT molecular complexity index is 87.2. The van der Waals surface area contributed by atoms with Crippen LogP contribution in [0.4, 0.5) is 0 Å². The van der Waals surface area contributed by atoms with Crippen molar-refractivity contribution in [2.24, 2.45) is 0 Å². The topological polar surface area (TPSA) is 9.23 Å². The Morgan fingerprint density at radius 3 is 2.56 bits per heavy atom. The molecule has 2 unspecified atom stereocenters. The highest BCUT2D eigenvalue weighted by Gasteiger charge is 2.37. The van der Waals surface area contributed by atoms with Crippen LogP contribution in [0.3, 0.4) is 0 Å². The molecular weight excluding hydrogens is 112 g/mol. The number of hydrogen-bond donors (Lipinski definition) is 0. The van der Waals surface area contributed by atoms with Gasteiger partial charge in [0.15, 0.2) is 0 Å². The second-order valence-electron chi connectivity index (χ2n) is 3.33. The Morgan fingerprint density at radius 1 is 1.67 bits per heavy atom. The van der Waals surface area contributed by atoms with Gasteiger partial charge in [0.2, 0.25) is 0 Å². The molecule has 0 radical (unpaired) electrons. The molecule has 0 N–H and O–H groups in total. The lowest BCUT2D eigenvalue weighted by Crippen LogP contribution is -2.46. The molecule has 1 nitrogen and oxygen atoms in total. The number of rotatable bonds is 2. The summed E-state index contributed by atoms with van der Waals surface area (Å²) in [5, 5.41) is 0. The van der Waals surface area contributed by atoms with Crippen LogP contribution in [0.1, 0.15) is 40.0 Å². The molecule has 1 aliphatic heterocycles. The predicted octanol–water partition coefficient (Wildman–Crippen LogP) is 2.35. The van der Waals surface area contributed by atoms with Crippen LogP contribution in [0.2, 0.25) is 0 Å². The molecule has 54 valence electrons. The normalized spacial score (nSPS) is 42.3. The van der Waals surface area contributed by atoms with E-state index in [1.165, 1.54) is 19.3 Å². The van der Waals surface area contributed by atoms with Gasteiger partial charge in [0, 0.05) is 6.42 Å². The molecule has 0 spiro atoms. The Balaban J connectivity index is 2.23. The van der Waals surface area contributed by atoms with E-state index in [0.29, 0.717) is 6.10 Å². The molecule has 2 atom stereocenters. The Morgan fingerprint density at radius 2 is 2.22 bits per heavy atom. The van der Waals surface area contributed by atoms with E-state index < -0.39 is 0 Å². The standard InChI is InChI=1S/C8H16O/c1-4-5-8(3)6-7(2)9-8/h7H,4-6H2,1-3H3. The number of hydrogen-bond acceptors (Lipinski definition) is 1. The first-order valence-corrected chi connectivity index (χ1v) is 3.84. The predicted molar refractivity (Wildman–Crippen MR) is 38.5 cm³/mol. The lowest BCUT2D eigenvalue weighted by atomic mass is 9.88. The van der Waals surface area contributed by atoms with Crippen LogP contribution in [-0.2, 0) is 4.74 Å². The van der Waals surface area contributed by atoms with Gasteiger partial charge in [0.25, 0.3) is 0 Å². The maximum absolute atomic E-state index is 5.57. The van der Waals surface area contributed by atoms with Gasteiger partial charge in [-0.25, -0.2) is 0 Å². The average Bonchev–Trinajstić information content (AvgIpc) is 1.62. The second-order valence-corrected chi connectivity index (χ2v) is 3.33. The molecular formula is C8H16O. The Labute approximate surface area is 57.4 Å². The highest BCUT2D eigenvalue weighted by atomic mass is 16.5. The van der Waals surface area contributed by atoms with Gasteiger partial charge in [0.05, 0.1) is 11.7 Å². The van der Waals surface area contributed by atoms with E-state index in [0.717, 1.165) is 0 Å². The molecule has 1 heterocycles. The largest absolute Gasteiger partial charge is 0.372 e. The van der Waals surface area contributed by atoms with E-state index >= 15 is 0 Å². The summed E-state index contributed by atoms with van der Waals surface area (Å²) in [6, 6.07) is 0. The molecule has 1 saturated heterocycles. The molecule has 0 aromatic heterocycles. The molecule has 0 aromatic carbocycles. The van der Waals surface area contributed by atoms with E-state index in [9.17, 15) is 0 Å².